The molecule has 2 heterocycles. The first kappa shape index (κ1) is 17.4. The second-order valence-corrected chi connectivity index (χ2v) is 7.10. The largest absolute Gasteiger partial charge is 0.496 e. The van der Waals surface area contributed by atoms with Crippen LogP contribution in [0.15, 0.2) is 54.6 Å². The van der Waals surface area contributed by atoms with Gasteiger partial charge in [0.15, 0.2) is 11.5 Å². The van der Waals surface area contributed by atoms with Crippen molar-refractivity contribution in [3.05, 3.63) is 65.0 Å². The summed E-state index contributed by atoms with van der Waals surface area (Å²) in [4.78, 5) is 14.2. The molecule has 1 aliphatic rings. The number of carbonyl (C=O) groups excluding carboxylic acids is 1. The van der Waals surface area contributed by atoms with Crippen molar-refractivity contribution in [3.63, 3.8) is 0 Å². The molecule has 138 valence electrons. The Bertz CT molecular complexity index is 966. The molecular formula is C21H19NO4S. The monoisotopic (exact) mass is 381 g/mol. The van der Waals surface area contributed by atoms with Gasteiger partial charge in [-0.3, -0.25) is 4.79 Å². The van der Waals surface area contributed by atoms with Gasteiger partial charge in [0.05, 0.1) is 12.0 Å². The Morgan fingerprint density at radius 2 is 1.89 bits per heavy atom. The van der Waals surface area contributed by atoms with Crippen molar-refractivity contribution in [2.45, 2.75) is 6.54 Å². The molecule has 0 radical (unpaired) electrons. The van der Waals surface area contributed by atoms with E-state index in [9.17, 15) is 4.79 Å². The van der Waals surface area contributed by atoms with Crippen LogP contribution in [0.4, 0.5) is 0 Å². The molecule has 1 amide bonds. The van der Waals surface area contributed by atoms with Crippen molar-refractivity contribution in [3.8, 4) is 27.7 Å². The second-order valence-electron chi connectivity index (χ2n) is 6.02. The number of para-hydroxylation sites is 1. The number of hydrogen-bond donors (Lipinski definition) is 1. The Balaban J connectivity index is 1.46. The number of ether oxygens (including phenoxy) is 3. The molecule has 4 rings (SSSR count). The number of benzene rings is 2. The van der Waals surface area contributed by atoms with Crippen LogP contribution < -0.4 is 19.5 Å². The average Bonchev–Trinajstić information content (AvgIpc) is 3.22. The standard InChI is InChI=1S/C21H19NO4S/c1-24-16-5-3-2-4-15(16)13-22-21(23)20-9-8-19(27-20)14-6-7-17-18(12-14)26-11-10-25-17/h2-9,12H,10-11,13H2,1H3,(H,22,23). The second kappa shape index (κ2) is 7.72. The van der Waals surface area contributed by atoms with Gasteiger partial charge < -0.3 is 19.5 Å². The summed E-state index contributed by atoms with van der Waals surface area (Å²) in [6.07, 6.45) is 0. The van der Waals surface area contributed by atoms with E-state index in [1.54, 1.807) is 7.11 Å². The van der Waals surface area contributed by atoms with Crippen LogP contribution >= 0.6 is 11.3 Å². The zero-order chi connectivity index (χ0) is 18.6. The summed E-state index contributed by atoms with van der Waals surface area (Å²) in [7, 11) is 1.62. The summed E-state index contributed by atoms with van der Waals surface area (Å²) < 4.78 is 16.5. The van der Waals surface area contributed by atoms with E-state index in [1.165, 1.54) is 11.3 Å². The van der Waals surface area contributed by atoms with E-state index in [0.717, 1.165) is 33.3 Å². The molecule has 0 unspecified atom stereocenters. The Labute approximate surface area is 161 Å². The van der Waals surface area contributed by atoms with Gasteiger partial charge in [0, 0.05) is 17.0 Å². The topological polar surface area (TPSA) is 56.8 Å². The smallest absolute Gasteiger partial charge is 0.261 e. The van der Waals surface area contributed by atoms with Crippen molar-refractivity contribution < 1.29 is 19.0 Å². The fourth-order valence-corrected chi connectivity index (χ4v) is 3.84. The van der Waals surface area contributed by atoms with E-state index in [-0.39, 0.29) is 5.91 Å². The maximum Gasteiger partial charge on any atom is 0.261 e. The number of hydrogen-bond acceptors (Lipinski definition) is 5. The van der Waals surface area contributed by atoms with Gasteiger partial charge in [0.1, 0.15) is 19.0 Å². The minimum Gasteiger partial charge on any atom is -0.496 e. The molecule has 27 heavy (non-hydrogen) atoms. The Kier molecular flexibility index (Phi) is 4.98. The highest BCUT2D eigenvalue weighted by molar-refractivity contribution is 7.17. The van der Waals surface area contributed by atoms with Crippen LogP contribution in [0.1, 0.15) is 15.2 Å². The minimum absolute atomic E-state index is 0.102. The van der Waals surface area contributed by atoms with Gasteiger partial charge in [-0.25, -0.2) is 0 Å². The summed E-state index contributed by atoms with van der Waals surface area (Å²) >= 11 is 1.45. The third-order valence-corrected chi connectivity index (χ3v) is 5.42. The van der Waals surface area contributed by atoms with E-state index in [1.807, 2.05) is 54.6 Å². The Hall–Kier alpha value is -2.99. The first-order valence-electron chi connectivity index (χ1n) is 8.64. The van der Waals surface area contributed by atoms with E-state index in [0.29, 0.717) is 24.6 Å². The van der Waals surface area contributed by atoms with Crippen LogP contribution in [0.2, 0.25) is 0 Å². The van der Waals surface area contributed by atoms with Crippen LogP contribution in [-0.2, 0) is 6.54 Å². The third kappa shape index (κ3) is 3.75. The highest BCUT2D eigenvalue weighted by Crippen LogP contribution is 2.36. The van der Waals surface area contributed by atoms with Crippen LogP contribution in [-0.4, -0.2) is 26.2 Å². The minimum atomic E-state index is -0.102. The van der Waals surface area contributed by atoms with Gasteiger partial charge >= 0.3 is 0 Å². The third-order valence-electron chi connectivity index (χ3n) is 4.29. The predicted octanol–water partition coefficient (Wildman–Crippen LogP) is 4.12. The van der Waals surface area contributed by atoms with Crippen molar-refractivity contribution in [1.29, 1.82) is 0 Å². The molecule has 3 aromatic rings. The molecule has 0 fully saturated rings. The first-order chi connectivity index (χ1) is 13.2. The summed E-state index contributed by atoms with van der Waals surface area (Å²) in [5.41, 5.74) is 1.95. The Morgan fingerprint density at radius 3 is 2.74 bits per heavy atom. The van der Waals surface area contributed by atoms with E-state index in [2.05, 4.69) is 5.32 Å². The normalized spacial score (nSPS) is 12.5. The van der Waals surface area contributed by atoms with Gasteiger partial charge in [-0.15, -0.1) is 11.3 Å². The number of carbonyl (C=O) groups is 1. The van der Waals surface area contributed by atoms with Gasteiger partial charge in [-0.05, 0) is 42.0 Å². The van der Waals surface area contributed by atoms with Crippen LogP contribution in [0.3, 0.4) is 0 Å². The molecule has 0 bridgehead atoms. The van der Waals surface area contributed by atoms with E-state index in [4.69, 9.17) is 14.2 Å². The molecule has 1 aliphatic heterocycles. The predicted molar refractivity (Wildman–Crippen MR) is 105 cm³/mol. The summed E-state index contributed by atoms with van der Waals surface area (Å²) in [6.45, 7) is 1.54. The molecule has 6 heteroatoms. The molecule has 0 atom stereocenters. The van der Waals surface area contributed by atoms with Crippen molar-refractivity contribution in [2.75, 3.05) is 20.3 Å². The quantitative estimate of drug-likeness (QED) is 0.722. The van der Waals surface area contributed by atoms with Crippen molar-refractivity contribution in [1.82, 2.24) is 5.32 Å². The number of methoxy groups -OCH3 is 1. The maximum atomic E-state index is 12.5. The lowest BCUT2D eigenvalue weighted by molar-refractivity contribution is 0.0954. The van der Waals surface area contributed by atoms with Crippen LogP contribution in [0.25, 0.3) is 10.4 Å². The molecule has 1 N–H and O–H groups in total. The lowest BCUT2D eigenvalue weighted by atomic mass is 10.1. The zero-order valence-corrected chi connectivity index (χ0v) is 15.7. The van der Waals surface area contributed by atoms with Crippen molar-refractivity contribution >= 4 is 17.2 Å². The summed E-state index contributed by atoms with van der Waals surface area (Å²) in [5.74, 6) is 2.17. The van der Waals surface area contributed by atoms with Gasteiger partial charge in [-0.1, -0.05) is 18.2 Å². The highest BCUT2D eigenvalue weighted by Gasteiger charge is 2.15. The molecule has 0 aliphatic carbocycles. The summed E-state index contributed by atoms with van der Waals surface area (Å²) in [6, 6.07) is 17.3. The highest BCUT2D eigenvalue weighted by atomic mass is 32.1. The SMILES string of the molecule is COc1ccccc1CNC(=O)c1ccc(-c2ccc3c(c2)OCCO3)s1. The van der Waals surface area contributed by atoms with E-state index >= 15 is 0 Å². The van der Waals surface area contributed by atoms with Gasteiger partial charge in [0.25, 0.3) is 5.91 Å². The number of thiophene rings is 1. The molecule has 0 saturated carbocycles. The molecule has 0 spiro atoms. The first-order valence-corrected chi connectivity index (χ1v) is 9.46. The zero-order valence-electron chi connectivity index (χ0n) is 14.9. The van der Waals surface area contributed by atoms with E-state index < -0.39 is 0 Å². The fourth-order valence-electron chi connectivity index (χ4n) is 2.92. The van der Waals surface area contributed by atoms with Gasteiger partial charge in [-0.2, -0.15) is 0 Å². The molecule has 2 aromatic carbocycles. The van der Waals surface area contributed by atoms with Crippen LogP contribution in [0.5, 0.6) is 17.2 Å². The molecule has 5 nitrogen and oxygen atoms in total. The lowest BCUT2D eigenvalue weighted by Crippen LogP contribution is -2.22. The van der Waals surface area contributed by atoms with Crippen molar-refractivity contribution in [2.24, 2.45) is 0 Å². The number of rotatable bonds is 5. The Morgan fingerprint density at radius 1 is 1.07 bits per heavy atom. The number of fused-ring (bicyclic) bond motifs is 1. The lowest BCUT2D eigenvalue weighted by Gasteiger charge is -2.18. The average molecular weight is 381 g/mol. The van der Waals surface area contributed by atoms with Gasteiger partial charge in [0.2, 0.25) is 0 Å². The van der Waals surface area contributed by atoms with Crippen LogP contribution in [0, 0.1) is 0 Å². The summed E-state index contributed by atoms with van der Waals surface area (Å²) in [5, 5.41) is 2.95. The molecule has 0 saturated heterocycles. The molecular weight excluding hydrogens is 362 g/mol. The number of amides is 1. The number of nitrogens with one attached hydrogen (secondary N) is 1. The molecule has 1 aromatic heterocycles. The maximum absolute atomic E-state index is 12.5. The fraction of sp³-hybridized carbons (Fsp3) is 0.190.